The zero-order valence-electron chi connectivity index (χ0n) is 13.7. The molecule has 2 aromatic rings. The van der Waals surface area contributed by atoms with Crippen LogP contribution >= 0.6 is 0 Å². The molecule has 1 aliphatic heterocycles. The Balaban J connectivity index is 2.13. The van der Waals surface area contributed by atoms with E-state index in [1.807, 2.05) is 0 Å². The van der Waals surface area contributed by atoms with E-state index >= 15 is 0 Å². The SMILES string of the molecule is NC(=O)c1ccc2c(c1)CNC2[C@@H](c1ccccc1C(F)(F)F)C(F)(F)F. The Hall–Kier alpha value is -2.55. The minimum atomic E-state index is -4.93. The molecule has 0 fully saturated rings. The summed E-state index contributed by atoms with van der Waals surface area (Å²) in [7, 11) is 0. The highest BCUT2D eigenvalue weighted by Crippen LogP contribution is 2.49. The molecule has 0 aliphatic carbocycles. The Morgan fingerprint density at radius 2 is 1.74 bits per heavy atom. The Morgan fingerprint density at radius 3 is 2.33 bits per heavy atom. The van der Waals surface area contributed by atoms with Crippen molar-refractivity contribution in [2.45, 2.75) is 30.9 Å². The second-order valence-corrected chi connectivity index (χ2v) is 6.24. The minimum Gasteiger partial charge on any atom is -0.366 e. The van der Waals surface area contributed by atoms with Crippen molar-refractivity contribution in [3.63, 3.8) is 0 Å². The molecular weight excluding hydrogens is 374 g/mol. The van der Waals surface area contributed by atoms with Crippen LogP contribution in [-0.2, 0) is 12.7 Å². The van der Waals surface area contributed by atoms with Gasteiger partial charge >= 0.3 is 12.4 Å². The lowest BCUT2D eigenvalue weighted by atomic mass is 9.84. The molecule has 3 N–H and O–H groups in total. The summed E-state index contributed by atoms with van der Waals surface area (Å²) in [5.41, 5.74) is 3.71. The lowest BCUT2D eigenvalue weighted by molar-refractivity contribution is -0.162. The number of fused-ring (bicyclic) bond motifs is 1. The molecule has 0 radical (unpaired) electrons. The van der Waals surface area contributed by atoms with Gasteiger partial charge in [-0.05, 0) is 34.9 Å². The number of carbonyl (C=O) groups excluding carboxylic acids is 1. The minimum absolute atomic E-state index is 0.0120. The van der Waals surface area contributed by atoms with Gasteiger partial charge in [-0.15, -0.1) is 0 Å². The van der Waals surface area contributed by atoms with Crippen molar-refractivity contribution in [1.29, 1.82) is 0 Å². The third kappa shape index (κ3) is 3.64. The Kier molecular flexibility index (Phi) is 4.67. The number of nitrogens with one attached hydrogen (secondary N) is 1. The summed E-state index contributed by atoms with van der Waals surface area (Å²) >= 11 is 0. The van der Waals surface area contributed by atoms with Gasteiger partial charge in [0.15, 0.2) is 0 Å². The van der Waals surface area contributed by atoms with E-state index in [9.17, 15) is 31.1 Å². The van der Waals surface area contributed by atoms with Crippen molar-refractivity contribution >= 4 is 5.91 Å². The fourth-order valence-corrected chi connectivity index (χ4v) is 3.41. The van der Waals surface area contributed by atoms with Crippen molar-refractivity contribution in [3.8, 4) is 0 Å². The number of hydrogen-bond donors (Lipinski definition) is 2. The summed E-state index contributed by atoms with van der Waals surface area (Å²) in [5, 5.41) is 2.63. The normalized spacial score (nSPS) is 18.2. The van der Waals surface area contributed by atoms with E-state index < -0.39 is 41.3 Å². The summed E-state index contributed by atoms with van der Waals surface area (Å²) in [6.45, 7) is -0.0120. The maximum absolute atomic E-state index is 13.8. The Morgan fingerprint density at radius 1 is 1.07 bits per heavy atom. The van der Waals surface area contributed by atoms with Crippen LogP contribution in [0.15, 0.2) is 42.5 Å². The monoisotopic (exact) mass is 388 g/mol. The maximum atomic E-state index is 13.8. The van der Waals surface area contributed by atoms with Gasteiger partial charge in [-0.3, -0.25) is 4.79 Å². The van der Waals surface area contributed by atoms with E-state index in [0.717, 1.165) is 18.2 Å². The molecule has 144 valence electrons. The van der Waals surface area contributed by atoms with E-state index in [-0.39, 0.29) is 17.7 Å². The van der Waals surface area contributed by atoms with Gasteiger partial charge in [0.05, 0.1) is 11.5 Å². The molecule has 2 atom stereocenters. The molecule has 0 saturated heterocycles. The topological polar surface area (TPSA) is 55.1 Å². The number of alkyl halides is 6. The van der Waals surface area contributed by atoms with E-state index in [1.54, 1.807) is 0 Å². The van der Waals surface area contributed by atoms with E-state index in [1.165, 1.54) is 18.2 Å². The zero-order chi connectivity index (χ0) is 20.0. The first-order valence-corrected chi connectivity index (χ1v) is 7.89. The molecule has 1 heterocycles. The number of rotatable bonds is 3. The third-order valence-electron chi connectivity index (χ3n) is 4.56. The molecule has 3 rings (SSSR count). The molecule has 0 aromatic heterocycles. The molecule has 1 unspecified atom stereocenters. The van der Waals surface area contributed by atoms with E-state index in [2.05, 4.69) is 5.32 Å². The summed E-state index contributed by atoms with van der Waals surface area (Å²) in [5.74, 6) is -3.15. The van der Waals surface area contributed by atoms with Gasteiger partial charge in [0.1, 0.15) is 0 Å². The zero-order valence-corrected chi connectivity index (χ0v) is 13.7. The van der Waals surface area contributed by atoms with Crippen LogP contribution in [-0.4, -0.2) is 12.1 Å². The summed E-state index contributed by atoms with van der Waals surface area (Å²) in [4.78, 5) is 11.2. The number of halogens is 6. The van der Waals surface area contributed by atoms with Crippen molar-refractivity contribution in [3.05, 3.63) is 70.3 Å². The quantitative estimate of drug-likeness (QED) is 0.771. The van der Waals surface area contributed by atoms with Crippen LogP contribution in [0.4, 0.5) is 26.3 Å². The van der Waals surface area contributed by atoms with Gasteiger partial charge in [0.2, 0.25) is 5.91 Å². The average molecular weight is 388 g/mol. The Bertz CT molecular complexity index is 875. The van der Waals surface area contributed by atoms with Crippen LogP contribution in [0, 0.1) is 0 Å². The first kappa shape index (κ1) is 19.2. The van der Waals surface area contributed by atoms with Crippen molar-refractivity contribution < 1.29 is 31.1 Å². The van der Waals surface area contributed by atoms with Crippen LogP contribution in [0.25, 0.3) is 0 Å². The Labute approximate surface area is 150 Å². The van der Waals surface area contributed by atoms with Gasteiger partial charge in [0, 0.05) is 18.2 Å². The average Bonchev–Trinajstić information content (AvgIpc) is 2.96. The molecule has 2 aromatic carbocycles. The van der Waals surface area contributed by atoms with Gasteiger partial charge in [0.25, 0.3) is 0 Å². The second kappa shape index (κ2) is 6.56. The highest BCUT2D eigenvalue weighted by molar-refractivity contribution is 5.93. The predicted octanol–water partition coefficient (Wildman–Crippen LogP) is 4.29. The molecule has 1 aliphatic rings. The molecule has 0 saturated carbocycles. The lowest BCUT2D eigenvalue weighted by Gasteiger charge is -2.29. The fraction of sp³-hybridized carbons (Fsp3) is 0.278. The van der Waals surface area contributed by atoms with Gasteiger partial charge in [-0.1, -0.05) is 24.3 Å². The van der Waals surface area contributed by atoms with Gasteiger partial charge in [-0.2, -0.15) is 26.3 Å². The number of amides is 1. The lowest BCUT2D eigenvalue weighted by Crippen LogP contribution is -2.33. The molecule has 0 spiro atoms. The van der Waals surface area contributed by atoms with Gasteiger partial charge < -0.3 is 11.1 Å². The van der Waals surface area contributed by atoms with Gasteiger partial charge in [-0.25, -0.2) is 0 Å². The number of primary amides is 1. The predicted molar refractivity (Wildman–Crippen MR) is 84.8 cm³/mol. The largest absolute Gasteiger partial charge is 0.416 e. The molecule has 0 bridgehead atoms. The highest BCUT2D eigenvalue weighted by atomic mass is 19.4. The molecule has 3 nitrogen and oxygen atoms in total. The second-order valence-electron chi connectivity index (χ2n) is 6.24. The van der Waals surface area contributed by atoms with Crippen LogP contribution in [0.3, 0.4) is 0 Å². The third-order valence-corrected chi connectivity index (χ3v) is 4.56. The van der Waals surface area contributed by atoms with Crippen LogP contribution in [0.2, 0.25) is 0 Å². The smallest absolute Gasteiger partial charge is 0.366 e. The summed E-state index contributed by atoms with van der Waals surface area (Å²) < 4.78 is 81.4. The number of nitrogens with two attached hydrogens (primary N) is 1. The number of hydrogen-bond acceptors (Lipinski definition) is 2. The first-order valence-electron chi connectivity index (χ1n) is 7.89. The van der Waals surface area contributed by atoms with Crippen molar-refractivity contribution in [2.24, 2.45) is 5.73 Å². The van der Waals surface area contributed by atoms with Crippen molar-refractivity contribution in [1.82, 2.24) is 5.32 Å². The number of benzene rings is 2. The van der Waals surface area contributed by atoms with Crippen molar-refractivity contribution in [2.75, 3.05) is 0 Å². The molecule has 9 heteroatoms. The standard InChI is InChI=1S/C18H14F6N2O/c19-17(20,21)13-4-2-1-3-12(13)14(18(22,23)24)15-11-6-5-9(16(25)27)7-10(11)8-26-15/h1-7,14-15,26H,8H2,(H2,25,27)/t14-,15?/m1/s1. The molecular formula is C18H14F6N2O. The summed E-state index contributed by atoms with van der Waals surface area (Å²) in [6, 6.07) is 6.20. The van der Waals surface area contributed by atoms with E-state index in [0.29, 0.717) is 11.6 Å². The summed E-state index contributed by atoms with van der Waals surface area (Å²) in [6.07, 6.45) is -9.85. The van der Waals surface area contributed by atoms with Crippen LogP contribution in [0.1, 0.15) is 44.6 Å². The van der Waals surface area contributed by atoms with Crippen LogP contribution in [0.5, 0.6) is 0 Å². The fourth-order valence-electron chi connectivity index (χ4n) is 3.41. The number of carbonyl (C=O) groups is 1. The first-order chi connectivity index (χ1) is 12.5. The van der Waals surface area contributed by atoms with Crippen LogP contribution < -0.4 is 11.1 Å². The van der Waals surface area contributed by atoms with E-state index in [4.69, 9.17) is 5.73 Å². The highest BCUT2D eigenvalue weighted by Gasteiger charge is 2.51. The molecule has 1 amide bonds. The molecule has 27 heavy (non-hydrogen) atoms. The maximum Gasteiger partial charge on any atom is 0.416 e.